The van der Waals surface area contributed by atoms with E-state index in [9.17, 15) is 4.79 Å². The minimum Gasteiger partial charge on any atom is -0.392 e. The van der Waals surface area contributed by atoms with E-state index in [-0.39, 0.29) is 12.5 Å². The second-order valence-electron chi connectivity index (χ2n) is 3.19. The molecule has 3 nitrogen and oxygen atoms in total. The molecule has 0 spiro atoms. The Morgan fingerprint density at radius 1 is 1.57 bits per heavy atom. The lowest BCUT2D eigenvalue weighted by Gasteiger charge is -2.07. The number of amides is 1. The molecule has 0 saturated carbocycles. The van der Waals surface area contributed by atoms with Crippen molar-refractivity contribution in [1.82, 2.24) is 5.32 Å². The number of aryl methyl sites for hydroxylation is 1. The molecule has 0 atom stereocenters. The molecule has 1 aromatic rings. The van der Waals surface area contributed by atoms with Crippen molar-refractivity contribution in [3.63, 3.8) is 0 Å². The third-order valence-electron chi connectivity index (χ3n) is 1.95. The topological polar surface area (TPSA) is 49.3 Å². The smallest absolute Gasteiger partial charge is 0.217 e. The molecule has 0 saturated heterocycles. The van der Waals surface area contributed by atoms with Gasteiger partial charge in [-0.2, -0.15) is 0 Å². The Balaban J connectivity index is 2.73. The van der Waals surface area contributed by atoms with Crippen LogP contribution in [0.2, 0.25) is 0 Å². The number of aliphatic hydroxyl groups is 1. The van der Waals surface area contributed by atoms with Crippen molar-refractivity contribution in [1.29, 1.82) is 0 Å². The van der Waals surface area contributed by atoms with Crippen LogP contribution < -0.4 is 5.32 Å². The predicted octanol–water partition coefficient (Wildman–Crippen LogP) is 1.13. The van der Waals surface area contributed by atoms with Gasteiger partial charge in [-0.1, -0.05) is 18.2 Å². The van der Waals surface area contributed by atoms with E-state index >= 15 is 0 Å². The summed E-state index contributed by atoms with van der Waals surface area (Å²) in [5.41, 5.74) is 2.87. The molecule has 75 valence electrons. The highest BCUT2D eigenvalue weighted by atomic mass is 16.3. The number of hydrogen-bond acceptors (Lipinski definition) is 2. The van der Waals surface area contributed by atoms with Gasteiger partial charge in [0, 0.05) is 6.92 Å². The maximum absolute atomic E-state index is 10.7. The van der Waals surface area contributed by atoms with Crippen molar-refractivity contribution in [2.75, 3.05) is 0 Å². The van der Waals surface area contributed by atoms with Crippen molar-refractivity contribution in [2.24, 2.45) is 0 Å². The van der Waals surface area contributed by atoms with Gasteiger partial charge in [-0.3, -0.25) is 4.79 Å². The van der Waals surface area contributed by atoms with Crippen molar-refractivity contribution < 1.29 is 9.90 Å². The van der Waals surface area contributed by atoms with Gasteiger partial charge in [0.05, 0.1) is 13.2 Å². The fourth-order valence-electron chi connectivity index (χ4n) is 1.18. The molecule has 0 aliphatic rings. The number of nitrogens with one attached hydrogen (secondary N) is 1. The highest BCUT2D eigenvalue weighted by molar-refractivity contribution is 5.74. The van der Waals surface area contributed by atoms with Crippen LogP contribution in [0.1, 0.15) is 23.6 Å². The van der Waals surface area contributed by atoms with E-state index < -0.39 is 0 Å². The summed E-state index contributed by atoms with van der Waals surface area (Å²) in [4.78, 5) is 10.7. The van der Waals surface area contributed by atoms with Crippen LogP contribution in [-0.2, 0) is 11.4 Å². The fourth-order valence-corrected chi connectivity index (χ4v) is 1.18. The summed E-state index contributed by atoms with van der Waals surface area (Å²) >= 11 is 0. The second-order valence-corrected chi connectivity index (χ2v) is 3.19. The Morgan fingerprint density at radius 2 is 2.29 bits per heavy atom. The Bertz CT molecular complexity index is 334. The van der Waals surface area contributed by atoms with E-state index in [0.29, 0.717) is 0 Å². The van der Waals surface area contributed by atoms with Crippen molar-refractivity contribution in [3.05, 3.63) is 41.4 Å². The average Bonchev–Trinajstić information content (AvgIpc) is 2.15. The zero-order valence-electron chi connectivity index (χ0n) is 8.37. The Kier molecular flexibility index (Phi) is 3.65. The van der Waals surface area contributed by atoms with Gasteiger partial charge in [-0.15, -0.1) is 0 Å². The van der Waals surface area contributed by atoms with E-state index in [2.05, 4.69) is 5.32 Å². The summed E-state index contributed by atoms with van der Waals surface area (Å²) in [5.74, 6) is -0.0874. The molecule has 1 aromatic carbocycles. The molecule has 0 unspecified atom stereocenters. The lowest BCUT2D eigenvalue weighted by atomic mass is 10.1. The number of carbonyl (C=O) groups is 1. The molecule has 1 amide bonds. The summed E-state index contributed by atoms with van der Waals surface area (Å²) in [6, 6.07) is 5.60. The van der Waals surface area contributed by atoms with Crippen molar-refractivity contribution >= 4 is 5.91 Å². The molecule has 1 radical (unpaired) electrons. The predicted molar refractivity (Wildman–Crippen MR) is 54.3 cm³/mol. The highest BCUT2D eigenvalue weighted by Crippen LogP contribution is 2.11. The molecule has 3 heteroatoms. The fraction of sp³-hybridized carbons (Fsp3) is 0.273. The molecule has 0 heterocycles. The van der Waals surface area contributed by atoms with E-state index in [1.165, 1.54) is 6.92 Å². The van der Waals surface area contributed by atoms with Gasteiger partial charge in [-0.05, 0) is 23.6 Å². The minimum atomic E-state index is -0.0874. The van der Waals surface area contributed by atoms with Crippen LogP contribution >= 0.6 is 0 Å². The lowest BCUT2D eigenvalue weighted by Crippen LogP contribution is -2.17. The largest absolute Gasteiger partial charge is 0.392 e. The lowest BCUT2D eigenvalue weighted by molar-refractivity contribution is -0.118. The molecule has 14 heavy (non-hydrogen) atoms. The van der Waals surface area contributed by atoms with Gasteiger partial charge < -0.3 is 10.4 Å². The molecule has 0 fully saturated rings. The molecule has 0 aromatic heterocycles. The van der Waals surface area contributed by atoms with Crippen LogP contribution in [0.25, 0.3) is 0 Å². The molecule has 0 bridgehead atoms. The van der Waals surface area contributed by atoms with Gasteiger partial charge in [0.2, 0.25) is 5.91 Å². The van der Waals surface area contributed by atoms with Gasteiger partial charge in [0.25, 0.3) is 0 Å². The quantitative estimate of drug-likeness (QED) is 0.754. The number of benzene rings is 1. The number of aliphatic hydroxyl groups excluding tert-OH is 1. The number of rotatable bonds is 3. The van der Waals surface area contributed by atoms with E-state index in [4.69, 9.17) is 5.11 Å². The van der Waals surface area contributed by atoms with Gasteiger partial charge in [0.1, 0.15) is 0 Å². The van der Waals surface area contributed by atoms with Gasteiger partial charge >= 0.3 is 0 Å². The standard InChI is InChI=1S/C11H14NO2/c1-8-5-10(7-13)3-4-11(8)6-12-9(2)14/h3-6,13H,7H2,1-2H3,(H,12,14). The van der Waals surface area contributed by atoms with Crippen molar-refractivity contribution in [2.45, 2.75) is 20.5 Å². The first-order chi connectivity index (χ1) is 6.63. The summed E-state index contributed by atoms with van der Waals surface area (Å²) in [6.07, 6.45) is 0. The maximum atomic E-state index is 10.7. The highest BCUT2D eigenvalue weighted by Gasteiger charge is 2.00. The van der Waals surface area contributed by atoms with Crippen LogP contribution in [0.15, 0.2) is 18.2 Å². The number of carbonyl (C=O) groups excluding carboxylic acids is 1. The molecular formula is C11H14NO2. The molecule has 1 rings (SSSR count). The molecule has 2 N–H and O–H groups in total. The summed E-state index contributed by atoms with van der Waals surface area (Å²) < 4.78 is 0. The number of hydrogen-bond donors (Lipinski definition) is 2. The zero-order chi connectivity index (χ0) is 10.6. The molecular weight excluding hydrogens is 178 g/mol. The first kappa shape index (κ1) is 10.7. The maximum Gasteiger partial charge on any atom is 0.217 e. The Labute approximate surface area is 83.8 Å². The van der Waals surface area contributed by atoms with Crippen LogP contribution in [0, 0.1) is 13.5 Å². The first-order valence-electron chi connectivity index (χ1n) is 4.44. The minimum absolute atomic E-state index is 0.0429. The summed E-state index contributed by atoms with van der Waals surface area (Å²) in [5, 5.41) is 11.5. The van der Waals surface area contributed by atoms with E-state index in [0.717, 1.165) is 16.7 Å². The third kappa shape index (κ3) is 2.85. The molecule has 0 aliphatic carbocycles. The normalized spacial score (nSPS) is 9.93. The Morgan fingerprint density at radius 3 is 2.79 bits per heavy atom. The summed E-state index contributed by atoms with van der Waals surface area (Å²) in [7, 11) is 0. The SMILES string of the molecule is CC(=O)N[CH]c1ccc(CO)cc1C. The monoisotopic (exact) mass is 192 g/mol. The van der Waals surface area contributed by atoms with E-state index in [1.807, 2.05) is 25.1 Å². The average molecular weight is 192 g/mol. The Hall–Kier alpha value is -1.35. The summed E-state index contributed by atoms with van der Waals surface area (Å²) in [6.45, 7) is 5.11. The third-order valence-corrected chi connectivity index (χ3v) is 1.95. The second kappa shape index (κ2) is 4.77. The van der Waals surface area contributed by atoms with Crippen LogP contribution in [0.3, 0.4) is 0 Å². The zero-order valence-corrected chi connectivity index (χ0v) is 8.37. The van der Waals surface area contributed by atoms with Crippen molar-refractivity contribution in [3.8, 4) is 0 Å². The molecule has 0 aliphatic heterocycles. The van der Waals surface area contributed by atoms with Gasteiger partial charge in [-0.25, -0.2) is 0 Å². The van der Waals surface area contributed by atoms with Crippen LogP contribution in [0.5, 0.6) is 0 Å². The van der Waals surface area contributed by atoms with Crippen LogP contribution in [-0.4, -0.2) is 11.0 Å². The van der Waals surface area contributed by atoms with E-state index in [1.54, 1.807) is 6.54 Å². The first-order valence-corrected chi connectivity index (χ1v) is 4.44. The van der Waals surface area contributed by atoms with Gasteiger partial charge in [0.15, 0.2) is 0 Å². The van der Waals surface area contributed by atoms with Crippen LogP contribution in [0.4, 0.5) is 0 Å².